The van der Waals surface area contributed by atoms with Crippen LogP contribution in [0.4, 0.5) is 5.69 Å². The van der Waals surface area contributed by atoms with Gasteiger partial charge in [0.1, 0.15) is 5.75 Å². The highest BCUT2D eigenvalue weighted by atomic mass is 127. The van der Waals surface area contributed by atoms with Crippen LogP contribution in [-0.4, -0.2) is 27.6 Å². The minimum absolute atomic E-state index is 0.0583. The van der Waals surface area contributed by atoms with E-state index < -0.39 is 0 Å². The predicted octanol–water partition coefficient (Wildman–Crippen LogP) is 5.12. The Hall–Kier alpha value is -3.01. The number of carbonyl (C=O) groups excluding carboxylic acids is 1. The molecular weight excluding hydrogens is 507 g/mol. The molecule has 0 bridgehead atoms. The molecule has 4 rings (SSSR count). The van der Waals surface area contributed by atoms with Crippen LogP contribution in [0.3, 0.4) is 0 Å². The number of amides is 1. The molecule has 0 saturated carbocycles. The minimum Gasteiger partial charge on any atom is -0.493 e. The number of hydrogen-bond acceptors (Lipinski definition) is 6. The summed E-state index contributed by atoms with van der Waals surface area (Å²) in [5.74, 6) is 1.41. The van der Waals surface area contributed by atoms with Gasteiger partial charge in [-0.1, -0.05) is 22.9 Å². The quantitative estimate of drug-likeness (QED) is 0.447. The molecule has 0 radical (unpaired) electrons. The molecule has 0 aliphatic heterocycles. The number of hydrogen-bond donors (Lipinski definition) is 1. The Balaban J connectivity index is 1.49. The monoisotopic (exact) mass is 528 g/mol. The SMILES string of the molecule is CCOc1cc(-c2nc(C3=C(C)CC(C(=O)Nc4ccncc4)C=C3)no2)ccc1I. The van der Waals surface area contributed by atoms with Crippen LogP contribution < -0.4 is 10.1 Å². The molecule has 1 atom stereocenters. The summed E-state index contributed by atoms with van der Waals surface area (Å²) in [6.45, 7) is 4.52. The average Bonchev–Trinajstić information content (AvgIpc) is 3.26. The van der Waals surface area contributed by atoms with E-state index in [-0.39, 0.29) is 11.8 Å². The van der Waals surface area contributed by atoms with Crippen LogP contribution >= 0.6 is 22.6 Å². The van der Waals surface area contributed by atoms with Gasteiger partial charge in [-0.2, -0.15) is 4.98 Å². The standard InChI is InChI=1S/C23H21IN4O3/c1-3-30-20-13-16(5-7-19(20)24)23-27-21(28-31-23)18-6-4-15(12-14(18)2)22(29)26-17-8-10-25-11-9-17/h4-11,13,15H,3,12H2,1-2H3,(H,25,26,29). The summed E-state index contributed by atoms with van der Waals surface area (Å²) >= 11 is 2.23. The first-order valence-corrected chi connectivity index (χ1v) is 11.0. The van der Waals surface area contributed by atoms with Gasteiger partial charge in [0.25, 0.3) is 5.89 Å². The lowest BCUT2D eigenvalue weighted by Gasteiger charge is -2.18. The van der Waals surface area contributed by atoms with Crippen LogP contribution in [0.5, 0.6) is 5.75 Å². The van der Waals surface area contributed by atoms with E-state index in [2.05, 4.69) is 43.0 Å². The van der Waals surface area contributed by atoms with Gasteiger partial charge >= 0.3 is 0 Å². The molecule has 1 aliphatic rings. The topological polar surface area (TPSA) is 90.1 Å². The molecule has 1 N–H and O–H groups in total. The Morgan fingerprint density at radius 1 is 1.29 bits per heavy atom. The molecule has 31 heavy (non-hydrogen) atoms. The Morgan fingerprint density at radius 2 is 2.10 bits per heavy atom. The first kappa shape index (κ1) is 21.2. The van der Waals surface area contributed by atoms with Crippen molar-refractivity contribution < 1.29 is 14.1 Å². The van der Waals surface area contributed by atoms with Crippen LogP contribution in [0.15, 0.2) is 65.0 Å². The molecule has 0 saturated heterocycles. The van der Waals surface area contributed by atoms with Crippen LogP contribution in [0, 0.1) is 9.49 Å². The van der Waals surface area contributed by atoms with Crippen molar-refractivity contribution in [3.8, 4) is 17.2 Å². The maximum atomic E-state index is 12.6. The van der Waals surface area contributed by atoms with Crippen molar-refractivity contribution in [1.29, 1.82) is 0 Å². The van der Waals surface area contributed by atoms with Crippen molar-refractivity contribution >= 4 is 39.8 Å². The fourth-order valence-corrected chi connectivity index (χ4v) is 3.82. The third-order valence-electron chi connectivity index (χ3n) is 4.91. The lowest BCUT2D eigenvalue weighted by atomic mass is 9.89. The summed E-state index contributed by atoms with van der Waals surface area (Å²) in [7, 11) is 0. The van der Waals surface area contributed by atoms with E-state index in [1.807, 2.05) is 44.2 Å². The van der Waals surface area contributed by atoms with Crippen molar-refractivity contribution in [1.82, 2.24) is 15.1 Å². The molecule has 2 aromatic heterocycles. The van der Waals surface area contributed by atoms with Crippen LogP contribution in [0.25, 0.3) is 17.0 Å². The Morgan fingerprint density at radius 3 is 2.84 bits per heavy atom. The van der Waals surface area contributed by atoms with Crippen LogP contribution in [0.1, 0.15) is 26.1 Å². The minimum atomic E-state index is -0.256. The van der Waals surface area contributed by atoms with E-state index in [4.69, 9.17) is 9.26 Å². The lowest BCUT2D eigenvalue weighted by molar-refractivity contribution is -0.118. The molecule has 0 fully saturated rings. The number of carbonyl (C=O) groups is 1. The van der Waals surface area contributed by atoms with Crippen LogP contribution in [-0.2, 0) is 4.79 Å². The second-order valence-electron chi connectivity index (χ2n) is 7.09. The molecule has 3 aromatic rings. The van der Waals surface area contributed by atoms with E-state index >= 15 is 0 Å². The number of nitrogens with one attached hydrogen (secondary N) is 1. The van der Waals surface area contributed by atoms with Gasteiger partial charge in [-0.05, 0) is 73.2 Å². The van der Waals surface area contributed by atoms with Gasteiger partial charge in [-0.25, -0.2) is 0 Å². The van der Waals surface area contributed by atoms with Gasteiger partial charge in [-0.15, -0.1) is 0 Å². The third kappa shape index (κ3) is 4.84. The van der Waals surface area contributed by atoms with Gasteiger partial charge < -0.3 is 14.6 Å². The predicted molar refractivity (Wildman–Crippen MR) is 126 cm³/mol. The van der Waals surface area contributed by atoms with Gasteiger partial charge in [-0.3, -0.25) is 9.78 Å². The summed E-state index contributed by atoms with van der Waals surface area (Å²) in [6, 6.07) is 9.32. The molecular formula is C23H21IN4O3. The highest BCUT2D eigenvalue weighted by Gasteiger charge is 2.23. The fraction of sp³-hybridized carbons (Fsp3) is 0.217. The van der Waals surface area contributed by atoms with Gasteiger partial charge in [0.15, 0.2) is 0 Å². The largest absolute Gasteiger partial charge is 0.493 e. The first-order valence-electron chi connectivity index (χ1n) is 9.90. The fourth-order valence-electron chi connectivity index (χ4n) is 3.33. The second-order valence-corrected chi connectivity index (χ2v) is 8.25. The first-order chi connectivity index (χ1) is 15.0. The molecule has 158 valence electrons. The molecule has 2 heterocycles. The number of rotatable bonds is 6. The summed E-state index contributed by atoms with van der Waals surface area (Å²) in [5.41, 5.74) is 3.43. The number of anilines is 1. The summed E-state index contributed by atoms with van der Waals surface area (Å²) in [4.78, 5) is 21.1. The van der Waals surface area contributed by atoms with Crippen LogP contribution in [0.2, 0.25) is 0 Å². The Kier molecular flexibility index (Phi) is 6.45. The number of pyridine rings is 1. The molecule has 8 heteroatoms. The zero-order chi connectivity index (χ0) is 21.8. The highest BCUT2D eigenvalue weighted by molar-refractivity contribution is 14.1. The lowest BCUT2D eigenvalue weighted by Crippen LogP contribution is -2.23. The van der Waals surface area contributed by atoms with E-state index in [0.29, 0.717) is 24.7 Å². The van der Waals surface area contributed by atoms with Gasteiger partial charge in [0.2, 0.25) is 11.7 Å². The number of halogens is 1. The van der Waals surface area contributed by atoms with Crippen molar-refractivity contribution in [2.75, 3.05) is 11.9 Å². The Labute approximate surface area is 193 Å². The second kappa shape index (κ2) is 9.42. The maximum absolute atomic E-state index is 12.6. The van der Waals surface area contributed by atoms with Gasteiger partial charge in [0.05, 0.1) is 16.1 Å². The van der Waals surface area contributed by atoms with E-state index in [1.54, 1.807) is 24.5 Å². The zero-order valence-corrected chi connectivity index (χ0v) is 19.3. The maximum Gasteiger partial charge on any atom is 0.258 e. The molecule has 1 unspecified atom stereocenters. The van der Waals surface area contributed by atoms with Crippen molar-refractivity contribution in [2.24, 2.45) is 5.92 Å². The summed E-state index contributed by atoms with van der Waals surface area (Å²) in [6.07, 6.45) is 7.66. The number of benzene rings is 1. The van der Waals surface area contributed by atoms with Gasteiger partial charge in [0, 0.05) is 29.2 Å². The Bertz CT molecular complexity index is 1150. The number of allylic oxidation sites excluding steroid dienone is 3. The molecule has 0 spiro atoms. The van der Waals surface area contributed by atoms with Crippen molar-refractivity contribution in [3.05, 3.63) is 69.8 Å². The smallest absolute Gasteiger partial charge is 0.258 e. The highest BCUT2D eigenvalue weighted by Crippen LogP contribution is 2.32. The molecule has 1 amide bonds. The number of ether oxygens (including phenoxy) is 1. The summed E-state index contributed by atoms with van der Waals surface area (Å²) in [5, 5.41) is 7.07. The van der Waals surface area contributed by atoms with E-state index in [0.717, 1.165) is 31.7 Å². The van der Waals surface area contributed by atoms with E-state index in [9.17, 15) is 4.79 Å². The van der Waals surface area contributed by atoms with Crippen molar-refractivity contribution in [2.45, 2.75) is 20.3 Å². The van der Waals surface area contributed by atoms with Crippen molar-refractivity contribution in [3.63, 3.8) is 0 Å². The normalized spacial score (nSPS) is 15.8. The van der Waals surface area contributed by atoms with E-state index in [1.165, 1.54) is 0 Å². The number of aromatic nitrogens is 3. The molecule has 1 aliphatic carbocycles. The number of nitrogens with zero attached hydrogens (tertiary/aromatic N) is 3. The molecule has 1 aromatic carbocycles. The third-order valence-corrected chi connectivity index (χ3v) is 5.80. The average molecular weight is 528 g/mol. The summed E-state index contributed by atoms with van der Waals surface area (Å²) < 4.78 is 12.2. The molecule has 7 nitrogen and oxygen atoms in total. The zero-order valence-electron chi connectivity index (χ0n) is 17.1.